The van der Waals surface area contributed by atoms with Gasteiger partial charge in [-0.1, -0.05) is 17.3 Å². The molecule has 2 N–H and O–H groups in total. The van der Waals surface area contributed by atoms with Gasteiger partial charge in [-0.25, -0.2) is 9.07 Å². The van der Waals surface area contributed by atoms with Crippen LogP contribution in [-0.2, 0) is 4.79 Å². The van der Waals surface area contributed by atoms with Crippen molar-refractivity contribution in [3.05, 3.63) is 77.9 Å². The van der Waals surface area contributed by atoms with Gasteiger partial charge in [0.15, 0.2) is 0 Å². The number of carbonyl (C=O) groups is 2. The second-order valence-electron chi connectivity index (χ2n) is 10.5. The number of halogens is 1. The Morgan fingerprint density at radius 1 is 1.03 bits per heavy atom. The van der Waals surface area contributed by atoms with Crippen LogP contribution in [0.25, 0.3) is 5.69 Å². The van der Waals surface area contributed by atoms with Gasteiger partial charge in [0.25, 0.3) is 5.91 Å². The van der Waals surface area contributed by atoms with Gasteiger partial charge in [-0.05, 0) is 81.2 Å². The van der Waals surface area contributed by atoms with E-state index < -0.39 is 6.04 Å². The Kier molecular flexibility index (Phi) is 8.63. The molecule has 206 valence electrons. The maximum absolute atomic E-state index is 13.4. The first-order chi connectivity index (χ1) is 19.0. The Bertz CT molecular complexity index is 1230. The lowest BCUT2D eigenvalue weighted by Gasteiger charge is -2.34. The Morgan fingerprint density at radius 2 is 1.77 bits per heavy atom. The SMILES string of the molecule is CN1CCN(C(=O)C(CCCCN[C@@H]2C[C@H]2c2ccc(F)cc2)NC(=O)c2ccc(-n3ccnn3)cc2)CC1. The molecule has 1 saturated carbocycles. The smallest absolute Gasteiger partial charge is 0.251 e. The number of nitrogens with one attached hydrogen (secondary N) is 2. The average molecular weight is 534 g/mol. The Morgan fingerprint density at radius 3 is 2.46 bits per heavy atom. The predicted octanol–water partition coefficient (Wildman–Crippen LogP) is 2.59. The van der Waals surface area contributed by atoms with Crippen LogP contribution in [0.15, 0.2) is 60.9 Å². The summed E-state index contributed by atoms with van der Waals surface area (Å²) in [5, 5.41) is 14.4. The van der Waals surface area contributed by atoms with Crippen molar-refractivity contribution in [2.75, 3.05) is 39.8 Å². The third-order valence-electron chi connectivity index (χ3n) is 7.65. The van der Waals surface area contributed by atoms with Crippen LogP contribution < -0.4 is 10.6 Å². The summed E-state index contributed by atoms with van der Waals surface area (Å²) in [6, 6.07) is 13.7. The van der Waals surface area contributed by atoms with Crippen LogP contribution >= 0.6 is 0 Å². The van der Waals surface area contributed by atoms with E-state index in [4.69, 9.17) is 0 Å². The standard InChI is InChI=1S/C29H36FN7O2/c1-35-16-18-36(19-17-35)29(39)26(33-28(38)22-7-11-24(12-8-22)37-15-14-32-34-37)4-2-3-13-31-27-20-25(27)21-5-9-23(30)10-6-21/h5-12,14-15,25-27,31H,2-4,13,16-20H2,1H3,(H,33,38)/t25-,26?,27+/m0/s1. The molecule has 1 aliphatic carbocycles. The summed E-state index contributed by atoms with van der Waals surface area (Å²) < 4.78 is 14.8. The third-order valence-corrected chi connectivity index (χ3v) is 7.65. The van der Waals surface area contributed by atoms with Crippen LogP contribution in [0.1, 0.15) is 47.5 Å². The first kappa shape index (κ1) is 27.0. The lowest BCUT2D eigenvalue weighted by atomic mass is 10.1. The Balaban J connectivity index is 1.13. The first-order valence-electron chi connectivity index (χ1n) is 13.7. The molecule has 2 heterocycles. The van der Waals surface area contributed by atoms with Crippen molar-refractivity contribution in [3.63, 3.8) is 0 Å². The Hall–Kier alpha value is -3.63. The molecule has 39 heavy (non-hydrogen) atoms. The number of unbranched alkanes of at least 4 members (excludes halogenated alkanes) is 1. The molecule has 0 bridgehead atoms. The van der Waals surface area contributed by atoms with Gasteiger partial charge >= 0.3 is 0 Å². The number of aromatic nitrogens is 3. The summed E-state index contributed by atoms with van der Waals surface area (Å²) in [5.74, 6) is -0.0408. The highest BCUT2D eigenvalue weighted by molar-refractivity contribution is 5.97. The van der Waals surface area contributed by atoms with Gasteiger partial charge < -0.3 is 20.4 Å². The minimum atomic E-state index is -0.566. The van der Waals surface area contributed by atoms with Gasteiger partial charge in [0.05, 0.1) is 18.1 Å². The number of nitrogens with zero attached hydrogens (tertiary/aromatic N) is 5. The average Bonchev–Trinajstić information content (AvgIpc) is 3.51. The van der Waals surface area contributed by atoms with E-state index in [0.29, 0.717) is 37.0 Å². The lowest BCUT2D eigenvalue weighted by molar-refractivity contribution is -0.135. The normalized spacial score (nSPS) is 20.0. The van der Waals surface area contributed by atoms with E-state index in [1.807, 2.05) is 29.2 Å². The van der Waals surface area contributed by atoms with Crippen LogP contribution in [0.3, 0.4) is 0 Å². The van der Waals surface area contributed by atoms with Crippen LogP contribution in [0.5, 0.6) is 0 Å². The summed E-state index contributed by atoms with van der Waals surface area (Å²) >= 11 is 0. The van der Waals surface area contributed by atoms with Crippen molar-refractivity contribution in [2.45, 2.75) is 43.7 Å². The number of hydrogen-bond donors (Lipinski definition) is 2. The molecule has 3 atom stereocenters. The van der Waals surface area contributed by atoms with Gasteiger partial charge in [0.1, 0.15) is 11.9 Å². The minimum absolute atomic E-state index is 0.0118. The molecule has 5 rings (SSSR count). The molecular formula is C29H36FN7O2. The predicted molar refractivity (Wildman–Crippen MR) is 146 cm³/mol. The van der Waals surface area contributed by atoms with E-state index in [1.54, 1.807) is 29.2 Å². The molecule has 1 unspecified atom stereocenters. The molecule has 0 spiro atoms. The summed E-state index contributed by atoms with van der Waals surface area (Å²) in [5.41, 5.74) is 2.47. The van der Waals surface area contributed by atoms with E-state index in [9.17, 15) is 14.0 Å². The number of piperazine rings is 1. The van der Waals surface area contributed by atoms with Gasteiger partial charge in [0, 0.05) is 43.7 Å². The molecule has 2 aliphatic rings. The number of hydrogen-bond acceptors (Lipinski definition) is 6. The lowest BCUT2D eigenvalue weighted by Crippen LogP contribution is -2.54. The Labute approximate surface area is 228 Å². The van der Waals surface area contributed by atoms with Crippen molar-refractivity contribution < 1.29 is 14.0 Å². The topological polar surface area (TPSA) is 95.4 Å². The highest BCUT2D eigenvalue weighted by Gasteiger charge is 2.37. The summed E-state index contributed by atoms with van der Waals surface area (Å²) in [6.07, 6.45) is 6.70. The molecule has 1 aromatic heterocycles. The van der Waals surface area contributed by atoms with Gasteiger partial charge in [-0.3, -0.25) is 9.59 Å². The van der Waals surface area contributed by atoms with E-state index >= 15 is 0 Å². The number of benzene rings is 2. The van der Waals surface area contributed by atoms with E-state index in [2.05, 4.69) is 32.9 Å². The van der Waals surface area contributed by atoms with Crippen molar-refractivity contribution >= 4 is 11.8 Å². The maximum atomic E-state index is 13.4. The second-order valence-corrected chi connectivity index (χ2v) is 10.5. The molecule has 2 amide bonds. The molecule has 10 heteroatoms. The largest absolute Gasteiger partial charge is 0.340 e. The third kappa shape index (κ3) is 7.07. The van der Waals surface area contributed by atoms with Crippen LogP contribution in [0.4, 0.5) is 4.39 Å². The fourth-order valence-corrected chi connectivity index (χ4v) is 5.12. The van der Waals surface area contributed by atoms with Crippen molar-refractivity contribution in [1.29, 1.82) is 0 Å². The van der Waals surface area contributed by atoms with Gasteiger partial charge in [-0.15, -0.1) is 5.10 Å². The molecule has 2 fully saturated rings. The summed E-state index contributed by atoms with van der Waals surface area (Å²) in [7, 11) is 2.05. The molecule has 2 aromatic carbocycles. The van der Waals surface area contributed by atoms with Gasteiger partial charge in [-0.2, -0.15) is 0 Å². The highest BCUT2D eigenvalue weighted by atomic mass is 19.1. The zero-order valence-electron chi connectivity index (χ0n) is 22.3. The summed E-state index contributed by atoms with van der Waals surface area (Å²) in [6.45, 7) is 3.84. The number of likely N-dealkylation sites (N-methyl/N-ethyl adjacent to an activating group) is 1. The fraction of sp³-hybridized carbons (Fsp3) is 0.448. The number of amides is 2. The van der Waals surface area contributed by atoms with E-state index in [1.165, 1.54) is 17.7 Å². The molecule has 1 saturated heterocycles. The molecule has 3 aromatic rings. The molecule has 0 radical (unpaired) electrons. The van der Waals surface area contributed by atoms with E-state index in [-0.39, 0.29) is 17.6 Å². The zero-order chi connectivity index (χ0) is 27.2. The van der Waals surface area contributed by atoms with Crippen molar-refractivity contribution in [3.8, 4) is 5.69 Å². The molecule has 1 aliphatic heterocycles. The number of carbonyl (C=O) groups excluding carboxylic acids is 2. The van der Waals surface area contributed by atoms with Gasteiger partial charge in [0.2, 0.25) is 5.91 Å². The van der Waals surface area contributed by atoms with Crippen molar-refractivity contribution in [2.24, 2.45) is 0 Å². The van der Waals surface area contributed by atoms with Crippen LogP contribution in [0, 0.1) is 5.82 Å². The minimum Gasteiger partial charge on any atom is -0.340 e. The number of rotatable bonds is 11. The monoisotopic (exact) mass is 533 g/mol. The first-order valence-corrected chi connectivity index (χ1v) is 13.7. The second kappa shape index (κ2) is 12.5. The van der Waals surface area contributed by atoms with E-state index in [0.717, 1.165) is 44.6 Å². The maximum Gasteiger partial charge on any atom is 0.251 e. The van der Waals surface area contributed by atoms with Crippen LogP contribution in [0.2, 0.25) is 0 Å². The zero-order valence-corrected chi connectivity index (χ0v) is 22.3. The van der Waals surface area contributed by atoms with Crippen molar-refractivity contribution in [1.82, 2.24) is 35.4 Å². The molecular weight excluding hydrogens is 497 g/mol. The quantitative estimate of drug-likeness (QED) is 0.368. The fourth-order valence-electron chi connectivity index (χ4n) is 5.12. The highest BCUT2D eigenvalue weighted by Crippen LogP contribution is 2.40. The van der Waals surface area contributed by atoms with Crippen LogP contribution in [-0.4, -0.2) is 88.5 Å². The summed E-state index contributed by atoms with van der Waals surface area (Å²) in [4.78, 5) is 30.6. The molecule has 9 nitrogen and oxygen atoms in total.